The van der Waals surface area contributed by atoms with E-state index in [1.165, 1.54) is 0 Å². The standard InChI is InChI=1S/C10H12O2/c1-8(6-7-11)9-4-2-3-5-10(9)12/h2-6,11-12H,7H2,1H3/b8-6-. The number of aromatic hydroxyl groups is 1. The second-order valence-electron chi connectivity index (χ2n) is 2.59. The van der Waals surface area contributed by atoms with Crippen molar-refractivity contribution in [3.8, 4) is 5.75 Å². The van der Waals surface area contributed by atoms with Crippen LogP contribution in [0.1, 0.15) is 12.5 Å². The molecule has 1 rings (SSSR count). The summed E-state index contributed by atoms with van der Waals surface area (Å²) in [6.07, 6.45) is 1.66. The lowest BCUT2D eigenvalue weighted by Gasteiger charge is -2.02. The molecule has 0 saturated heterocycles. The number of para-hydroxylation sites is 1. The summed E-state index contributed by atoms with van der Waals surface area (Å²) in [5, 5.41) is 18.0. The number of hydrogen-bond acceptors (Lipinski definition) is 2. The van der Waals surface area contributed by atoms with Gasteiger partial charge < -0.3 is 10.2 Å². The predicted octanol–water partition coefficient (Wildman–Crippen LogP) is 1.79. The fraction of sp³-hybridized carbons (Fsp3) is 0.200. The van der Waals surface area contributed by atoms with E-state index in [1.54, 1.807) is 18.2 Å². The van der Waals surface area contributed by atoms with Gasteiger partial charge in [-0.1, -0.05) is 24.3 Å². The smallest absolute Gasteiger partial charge is 0.123 e. The van der Waals surface area contributed by atoms with Crippen molar-refractivity contribution in [1.29, 1.82) is 0 Å². The first kappa shape index (κ1) is 8.81. The van der Waals surface area contributed by atoms with Crippen LogP contribution in [0.3, 0.4) is 0 Å². The van der Waals surface area contributed by atoms with Crippen LogP contribution in [-0.2, 0) is 0 Å². The molecule has 1 aromatic rings. The number of phenols is 1. The van der Waals surface area contributed by atoms with Gasteiger partial charge in [-0.25, -0.2) is 0 Å². The van der Waals surface area contributed by atoms with Gasteiger partial charge in [0.05, 0.1) is 6.61 Å². The lowest BCUT2D eigenvalue weighted by atomic mass is 10.1. The van der Waals surface area contributed by atoms with Crippen molar-refractivity contribution in [1.82, 2.24) is 0 Å². The number of phenolic OH excluding ortho intramolecular Hbond substituents is 1. The summed E-state index contributed by atoms with van der Waals surface area (Å²) in [6.45, 7) is 1.85. The number of benzene rings is 1. The van der Waals surface area contributed by atoms with Crippen molar-refractivity contribution in [2.75, 3.05) is 6.61 Å². The van der Waals surface area contributed by atoms with Crippen LogP contribution in [0.5, 0.6) is 5.75 Å². The highest BCUT2D eigenvalue weighted by Crippen LogP contribution is 2.23. The zero-order valence-corrected chi connectivity index (χ0v) is 6.99. The summed E-state index contributed by atoms with van der Waals surface area (Å²) in [7, 11) is 0. The zero-order valence-electron chi connectivity index (χ0n) is 6.99. The Balaban J connectivity index is 3.02. The summed E-state index contributed by atoms with van der Waals surface area (Å²) in [6, 6.07) is 7.07. The molecule has 12 heavy (non-hydrogen) atoms. The van der Waals surface area contributed by atoms with Gasteiger partial charge in [0.2, 0.25) is 0 Å². The highest BCUT2D eigenvalue weighted by Gasteiger charge is 1.99. The average molecular weight is 164 g/mol. The average Bonchev–Trinajstić information content (AvgIpc) is 2.05. The quantitative estimate of drug-likeness (QED) is 0.699. The topological polar surface area (TPSA) is 40.5 Å². The fourth-order valence-electron chi connectivity index (χ4n) is 1.05. The molecule has 0 aromatic heterocycles. The minimum atomic E-state index is 0.000166. The maximum absolute atomic E-state index is 9.39. The molecule has 0 saturated carbocycles. The van der Waals surface area contributed by atoms with E-state index in [1.807, 2.05) is 19.1 Å². The molecule has 0 amide bonds. The third-order valence-corrected chi connectivity index (χ3v) is 1.73. The third-order valence-electron chi connectivity index (χ3n) is 1.73. The molecular weight excluding hydrogens is 152 g/mol. The van der Waals surface area contributed by atoms with Gasteiger partial charge in [0.25, 0.3) is 0 Å². The Kier molecular flexibility index (Phi) is 2.88. The van der Waals surface area contributed by atoms with Crippen LogP contribution in [0.15, 0.2) is 30.3 Å². The normalized spacial score (nSPS) is 11.7. The van der Waals surface area contributed by atoms with Gasteiger partial charge in [-0.2, -0.15) is 0 Å². The van der Waals surface area contributed by atoms with Crippen LogP contribution in [0.25, 0.3) is 5.57 Å². The molecule has 0 unspecified atom stereocenters. The highest BCUT2D eigenvalue weighted by molar-refractivity contribution is 5.68. The van der Waals surface area contributed by atoms with Crippen LogP contribution in [0.2, 0.25) is 0 Å². The van der Waals surface area contributed by atoms with Gasteiger partial charge in [0.15, 0.2) is 0 Å². The first-order valence-corrected chi connectivity index (χ1v) is 3.81. The molecule has 0 aliphatic rings. The van der Waals surface area contributed by atoms with E-state index in [4.69, 9.17) is 5.11 Å². The molecule has 64 valence electrons. The lowest BCUT2D eigenvalue weighted by molar-refractivity contribution is 0.343. The predicted molar refractivity (Wildman–Crippen MR) is 48.8 cm³/mol. The maximum atomic E-state index is 9.39. The van der Waals surface area contributed by atoms with E-state index in [9.17, 15) is 5.11 Å². The summed E-state index contributed by atoms with van der Waals surface area (Å²) < 4.78 is 0. The van der Waals surface area contributed by atoms with E-state index in [0.29, 0.717) is 0 Å². The molecule has 0 aliphatic heterocycles. The Labute approximate surface area is 71.8 Å². The molecule has 0 heterocycles. The molecular formula is C10H12O2. The van der Waals surface area contributed by atoms with Crippen molar-refractivity contribution in [2.24, 2.45) is 0 Å². The first-order chi connectivity index (χ1) is 5.75. The molecule has 0 atom stereocenters. The fourth-order valence-corrected chi connectivity index (χ4v) is 1.05. The van der Waals surface area contributed by atoms with Crippen LogP contribution < -0.4 is 0 Å². The molecule has 2 heteroatoms. The van der Waals surface area contributed by atoms with Gasteiger partial charge in [-0.15, -0.1) is 0 Å². The summed E-state index contributed by atoms with van der Waals surface area (Å²) in [5.74, 6) is 0.250. The minimum Gasteiger partial charge on any atom is -0.507 e. The lowest BCUT2D eigenvalue weighted by Crippen LogP contribution is -1.82. The second kappa shape index (κ2) is 3.93. The Bertz CT molecular complexity index is 290. The molecule has 0 aliphatic carbocycles. The number of rotatable bonds is 2. The molecule has 0 radical (unpaired) electrons. The molecule has 1 aromatic carbocycles. The highest BCUT2D eigenvalue weighted by atomic mass is 16.3. The Morgan fingerprint density at radius 2 is 2.08 bits per heavy atom. The summed E-state index contributed by atoms with van der Waals surface area (Å²) in [4.78, 5) is 0. The van der Waals surface area contributed by atoms with Crippen LogP contribution >= 0.6 is 0 Å². The molecule has 0 spiro atoms. The maximum Gasteiger partial charge on any atom is 0.123 e. The Morgan fingerprint density at radius 3 is 2.67 bits per heavy atom. The first-order valence-electron chi connectivity index (χ1n) is 3.81. The van der Waals surface area contributed by atoms with Gasteiger partial charge in [-0.3, -0.25) is 0 Å². The second-order valence-corrected chi connectivity index (χ2v) is 2.59. The van der Waals surface area contributed by atoms with Crippen molar-refractivity contribution in [2.45, 2.75) is 6.92 Å². The van der Waals surface area contributed by atoms with Crippen molar-refractivity contribution in [3.63, 3.8) is 0 Å². The number of allylic oxidation sites excluding steroid dienone is 1. The zero-order chi connectivity index (χ0) is 8.97. The largest absolute Gasteiger partial charge is 0.507 e. The number of aliphatic hydroxyl groups is 1. The SMILES string of the molecule is C/C(=C/CO)c1ccccc1O. The van der Waals surface area contributed by atoms with E-state index < -0.39 is 0 Å². The monoisotopic (exact) mass is 164 g/mol. The van der Waals surface area contributed by atoms with Crippen molar-refractivity contribution < 1.29 is 10.2 Å². The minimum absolute atomic E-state index is 0.000166. The van der Waals surface area contributed by atoms with Gasteiger partial charge in [-0.05, 0) is 18.6 Å². The summed E-state index contributed by atoms with van der Waals surface area (Å²) in [5.41, 5.74) is 1.65. The van der Waals surface area contributed by atoms with Crippen LogP contribution in [-0.4, -0.2) is 16.8 Å². The van der Waals surface area contributed by atoms with Crippen LogP contribution in [0.4, 0.5) is 0 Å². The third kappa shape index (κ3) is 1.86. The van der Waals surface area contributed by atoms with Gasteiger partial charge in [0, 0.05) is 5.56 Å². The van der Waals surface area contributed by atoms with E-state index in [0.717, 1.165) is 11.1 Å². The van der Waals surface area contributed by atoms with Crippen molar-refractivity contribution >= 4 is 5.57 Å². The van der Waals surface area contributed by atoms with Gasteiger partial charge in [0.1, 0.15) is 5.75 Å². The van der Waals surface area contributed by atoms with E-state index >= 15 is 0 Å². The Hall–Kier alpha value is -1.28. The Morgan fingerprint density at radius 1 is 1.42 bits per heavy atom. The van der Waals surface area contributed by atoms with Gasteiger partial charge >= 0.3 is 0 Å². The molecule has 2 N–H and O–H groups in total. The molecule has 0 fully saturated rings. The van der Waals surface area contributed by atoms with E-state index in [2.05, 4.69) is 0 Å². The number of aliphatic hydroxyl groups excluding tert-OH is 1. The van der Waals surface area contributed by atoms with Crippen molar-refractivity contribution in [3.05, 3.63) is 35.9 Å². The number of hydrogen-bond donors (Lipinski definition) is 2. The molecule has 2 nitrogen and oxygen atoms in total. The van der Waals surface area contributed by atoms with Crippen LogP contribution in [0, 0.1) is 0 Å². The molecule has 0 bridgehead atoms. The van der Waals surface area contributed by atoms with E-state index in [-0.39, 0.29) is 12.4 Å². The summed E-state index contributed by atoms with van der Waals surface area (Å²) >= 11 is 0.